The maximum absolute atomic E-state index is 12.9. The van der Waals surface area contributed by atoms with E-state index in [0.717, 1.165) is 110 Å². The summed E-state index contributed by atoms with van der Waals surface area (Å²) >= 11 is 0. The van der Waals surface area contributed by atoms with Gasteiger partial charge in [-0.15, -0.1) is 0 Å². The first-order chi connectivity index (χ1) is 40.2. The van der Waals surface area contributed by atoms with Crippen LogP contribution in [0.1, 0.15) is 262 Å². The van der Waals surface area contributed by atoms with Gasteiger partial charge >= 0.3 is 24.1 Å². The van der Waals surface area contributed by atoms with Gasteiger partial charge in [-0.3, -0.25) is 9.59 Å². The van der Waals surface area contributed by atoms with E-state index in [1.807, 2.05) is 0 Å². The predicted molar refractivity (Wildman–Crippen MR) is 337 cm³/mol. The fourth-order valence-electron chi connectivity index (χ4n) is 19.8. The SMILES string of the molecule is CC(C)CCC[C@@H](C)[C@H]1CC[C@H]2[C@@H]3CC=C4C[C@@H](OC(=O)CCCNC(=O)OCCCC#CC#CCCCOC(=O)NCCCC(=O)O[C@H]5CC[C@@]6(C)C(=CC[C@H]7[C@@H]8CC[C@H]([C@H](C)CCCC(C)C)[C@@]8(C)CC[C@@H]76)C5)CC[C@]4(C)[C@H]3CC[C@]12C. The van der Waals surface area contributed by atoms with Crippen LogP contribution in [0.2, 0.25) is 0 Å². The van der Waals surface area contributed by atoms with E-state index in [4.69, 9.17) is 18.9 Å². The van der Waals surface area contributed by atoms with Crippen LogP contribution >= 0.6 is 0 Å². The number of alkyl carbamates (subject to hydrolysis) is 2. The Hall–Kier alpha value is -3.92. The van der Waals surface area contributed by atoms with Crippen LogP contribution < -0.4 is 10.6 Å². The summed E-state index contributed by atoms with van der Waals surface area (Å²) in [5, 5.41) is 5.51. The van der Waals surface area contributed by atoms with Crippen LogP contribution in [0.25, 0.3) is 0 Å². The third-order valence-electron chi connectivity index (χ3n) is 24.4. The lowest BCUT2D eigenvalue weighted by Crippen LogP contribution is -2.51. The summed E-state index contributed by atoms with van der Waals surface area (Å²) < 4.78 is 22.7. The number of carbonyl (C=O) groups is 4. The van der Waals surface area contributed by atoms with Crippen molar-refractivity contribution in [2.45, 2.75) is 274 Å². The number of nitrogens with one attached hydrogen (secondary N) is 2. The number of allylic oxidation sites excluding steroid dienone is 2. The molecule has 470 valence electrons. The van der Waals surface area contributed by atoms with Crippen molar-refractivity contribution in [2.24, 2.45) is 92.7 Å². The van der Waals surface area contributed by atoms with Gasteiger partial charge in [-0.25, -0.2) is 9.59 Å². The molecule has 0 aromatic carbocycles. The van der Waals surface area contributed by atoms with Crippen LogP contribution in [-0.2, 0) is 28.5 Å². The molecule has 2 amide bonds. The van der Waals surface area contributed by atoms with Crippen molar-refractivity contribution in [3.63, 3.8) is 0 Å². The number of hydrogen-bond acceptors (Lipinski definition) is 8. The molecule has 2 N–H and O–H groups in total. The van der Waals surface area contributed by atoms with Crippen LogP contribution in [-0.4, -0.2) is 62.6 Å². The Bertz CT molecular complexity index is 2240. The van der Waals surface area contributed by atoms with E-state index in [1.54, 1.807) is 0 Å². The molecular weight excluding hydrogens is 1040 g/mol. The van der Waals surface area contributed by atoms with E-state index >= 15 is 0 Å². The smallest absolute Gasteiger partial charge is 0.407 e. The third-order valence-corrected chi connectivity index (χ3v) is 24.4. The van der Waals surface area contributed by atoms with Crippen LogP contribution in [0, 0.1) is 116 Å². The van der Waals surface area contributed by atoms with Crippen molar-refractivity contribution in [1.29, 1.82) is 0 Å². The zero-order chi connectivity index (χ0) is 60.1. The lowest BCUT2D eigenvalue weighted by molar-refractivity contribution is -0.152. The van der Waals surface area contributed by atoms with Crippen LogP contribution in [0.5, 0.6) is 0 Å². The van der Waals surface area contributed by atoms with E-state index in [1.165, 1.54) is 114 Å². The Kier molecular flexibility index (Phi) is 23.8. The van der Waals surface area contributed by atoms with Crippen molar-refractivity contribution in [1.82, 2.24) is 10.6 Å². The molecule has 0 saturated heterocycles. The highest BCUT2D eigenvalue weighted by atomic mass is 16.6. The van der Waals surface area contributed by atoms with Gasteiger partial charge in [0.2, 0.25) is 0 Å². The summed E-state index contributed by atoms with van der Waals surface area (Å²) in [5.41, 5.74) is 4.51. The fourth-order valence-corrected chi connectivity index (χ4v) is 19.8. The molecular formula is C74H116N2O8. The quantitative estimate of drug-likeness (QED) is 0.0288. The Balaban J connectivity index is 0.604. The largest absolute Gasteiger partial charge is 0.462 e. The zero-order valence-corrected chi connectivity index (χ0v) is 54.5. The number of ether oxygens (including phenoxy) is 4. The molecule has 0 aliphatic heterocycles. The third kappa shape index (κ3) is 16.2. The van der Waals surface area contributed by atoms with E-state index in [-0.39, 0.29) is 61.0 Å². The lowest BCUT2D eigenvalue weighted by atomic mass is 9.47. The average molecular weight is 1160 g/mol. The molecule has 84 heavy (non-hydrogen) atoms. The maximum Gasteiger partial charge on any atom is 0.407 e. The molecule has 0 unspecified atom stereocenters. The van der Waals surface area contributed by atoms with Gasteiger partial charge in [0.15, 0.2) is 0 Å². The molecule has 16 atom stereocenters. The van der Waals surface area contributed by atoms with Crippen LogP contribution in [0.4, 0.5) is 9.59 Å². The molecule has 0 radical (unpaired) electrons. The minimum Gasteiger partial charge on any atom is -0.462 e. The van der Waals surface area contributed by atoms with E-state index < -0.39 is 12.2 Å². The second-order valence-corrected chi connectivity index (χ2v) is 30.4. The van der Waals surface area contributed by atoms with Gasteiger partial charge < -0.3 is 29.6 Å². The summed E-state index contributed by atoms with van der Waals surface area (Å²) in [6, 6.07) is 0. The highest BCUT2D eigenvalue weighted by Crippen LogP contribution is 2.69. The molecule has 0 spiro atoms. The van der Waals surface area contributed by atoms with Gasteiger partial charge in [0.05, 0.1) is 13.2 Å². The highest BCUT2D eigenvalue weighted by Gasteiger charge is 2.61. The Labute approximate surface area is 510 Å². The summed E-state index contributed by atoms with van der Waals surface area (Å²) in [6.45, 7) is 26.1. The normalized spacial score (nSPS) is 34.4. The number of unbranched alkanes of at least 4 members (excludes halogenated alkanes) is 2. The van der Waals surface area contributed by atoms with Crippen molar-refractivity contribution < 1.29 is 38.1 Å². The standard InChI is InChI=1S/C74H116N2O8/c1-51(2)23-19-25-53(5)61-33-35-63-59-31-29-55-49-57(37-41-71(55,7)65(59)39-43-73(61,63)9)83-67(77)27-21-45-75-69(79)81-47-17-15-13-11-12-14-16-18-48-82-70(80)76-46-22-28-68(78)84-58-38-42-72(8)56(50-58)30-32-60-64-36-34-62(54(6)26-20-24-52(3)4)74(64,10)44-40-66(60)72/h29-30,51-54,57-66H,15-28,31-50H2,1-10H3,(H,75,79)(H,76,80)/t53-,54-,57+,58+,59+,60+,61-,62-,63+,64+,65+,66+,71+,72+,73-,74-/m1/s1. The Morgan fingerprint density at radius 1 is 0.512 bits per heavy atom. The first kappa shape index (κ1) is 66.0. The average Bonchev–Trinajstić information content (AvgIpc) is 2.51. The Morgan fingerprint density at radius 2 is 0.929 bits per heavy atom. The van der Waals surface area contributed by atoms with Gasteiger partial charge in [-0.2, -0.15) is 0 Å². The minimum absolute atomic E-state index is 0.0559. The van der Waals surface area contributed by atoms with Gasteiger partial charge in [0, 0.05) is 51.6 Å². The van der Waals surface area contributed by atoms with Gasteiger partial charge in [0.25, 0.3) is 0 Å². The number of carbonyl (C=O) groups excluding carboxylic acids is 4. The molecule has 6 saturated carbocycles. The van der Waals surface area contributed by atoms with E-state index in [2.05, 4.69) is 116 Å². The summed E-state index contributed by atoms with van der Waals surface area (Å²) in [4.78, 5) is 50.4. The Morgan fingerprint density at radius 3 is 1.33 bits per heavy atom. The highest BCUT2D eigenvalue weighted by molar-refractivity contribution is 5.71. The number of hydrogen-bond donors (Lipinski definition) is 2. The van der Waals surface area contributed by atoms with Crippen molar-refractivity contribution in [3.8, 4) is 23.7 Å². The topological polar surface area (TPSA) is 129 Å². The summed E-state index contributed by atoms with van der Waals surface area (Å²) in [5.74, 6) is 21.0. The minimum atomic E-state index is -0.495. The monoisotopic (exact) mass is 1160 g/mol. The number of amides is 2. The van der Waals surface area contributed by atoms with E-state index in [0.29, 0.717) is 62.4 Å². The molecule has 10 nitrogen and oxygen atoms in total. The second-order valence-electron chi connectivity index (χ2n) is 30.4. The molecule has 0 aromatic rings. The van der Waals surface area contributed by atoms with Gasteiger partial charge in [-0.1, -0.05) is 143 Å². The molecule has 0 bridgehead atoms. The number of esters is 2. The summed E-state index contributed by atoms with van der Waals surface area (Å²) in [7, 11) is 0. The number of rotatable bonds is 26. The van der Waals surface area contributed by atoms with E-state index in [9.17, 15) is 19.2 Å². The van der Waals surface area contributed by atoms with Crippen molar-refractivity contribution in [3.05, 3.63) is 23.3 Å². The fraction of sp³-hybridized carbons (Fsp3) is 0.838. The second kappa shape index (κ2) is 30.3. The first-order valence-electron chi connectivity index (χ1n) is 34.8. The van der Waals surface area contributed by atoms with Crippen LogP contribution in [0.15, 0.2) is 23.3 Å². The molecule has 8 aliphatic carbocycles. The molecule has 0 aromatic heterocycles. The molecule has 0 heterocycles. The summed E-state index contributed by atoms with van der Waals surface area (Å²) in [6.07, 6.45) is 35.4. The molecule has 6 fully saturated rings. The van der Waals surface area contributed by atoms with Crippen LogP contribution in [0.3, 0.4) is 0 Å². The maximum atomic E-state index is 12.9. The zero-order valence-electron chi connectivity index (χ0n) is 54.5. The number of fused-ring (bicyclic) bond motifs is 10. The van der Waals surface area contributed by atoms with Gasteiger partial charge in [-0.05, 0) is 220 Å². The molecule has 8 aliphatic rings. The lowest BCUT2D eigenvalue weighted by Gasteiger charge is -2.58. The molecule has 8 rings (SSSR count). The van der Waals surface area contributed by atoms with Crippen molar-refractivity contribution in [2.75, 3.05) is 26.3 Å². The van der Waals surface area contributed by atoms with Crippen molar-refractivity contribution >= 4 is 24.1 Å². The predicted octanol–water partition coefficient (Wildman–Crippen LogP) is 17.5. The first-order valence-corrected chi connectivity index (χ1v) is 34.8. The van der Waals surface area contributed by atoms with Gasteiger partial charge in [0.1, 0.15) is 12.2 Å². The molecule has 10 heteroatoms.